The number of carbonyl (C=O) groups excluding carboxylic acids is 1. The maximum atomic E-state index is 12.0. The summed E-state index contributed by atoms with van der Waals surface area (Å²) in [4.78, 5) is 15.8. The van der Waals surface area contributed by atoms with Crippen LogP contribution in [-0.2, 0) is 9.05 Å². The van der Waals surface area contributed by atoms with Gasteiger partial charge in [0, 0.05) is 16.1 Å². The lowest BCUT2D eigenvalue weighted by atomic mass is 10.3. The van der Waals surface area contributed by atoms with Crippen molar-refractivity contribution in [1.29, 1.82) is 0 Å². The summed E-state index contributed by atoms with van der Waals surface area (Å²) in [5.41, 5.74) is 0.316. The van der Waals surface area contributed by atoms with Crippen LogP contribution in [0.15, 0.2) is 22.4 Å². The molecule has 1 aromatic carbocycles. The van der Waals surface area contributed by atoms with Gasteiger partial charge in [-0.15, -0.1) is 11.3 Å². The van der Waals surface area contributed by atoms with E-state index < -0.39 is 15.0 Å². The molecule has 21 heavy (non-hydrogen) atoms. The van der Waals surface area contributed by atoms with E-state index >= 15 is 0 Å². The molecular formula is C11H7Cl3N2O3S2. The number of thiazole rings is 1. The Morgan fingerprint density at radius 1 is 1.29 bits per heavy atom. The number of rotatable bonds is 3. The lowest BCUT2D eigenvalue weighted by Crippen LogP contribution is -2.13. The minimum absolute atomic E-state index is 0.0398. The fraction of sp³-hybridized carbons (Fsp3) is 0.0909. The average Bonchev–Trinajstić information content (AvgIpc) is 2.79. The molecule has 0 saturated carbocycles. The van der Waals surface area contributed by atoms with Gasteiger partial charge in [-0.3, -0.25) is 4.79 Å². The summed E-state index contributed by atoms with van der Waals surface area (Å²) >= 11 is 13.2. The van der Waals surface area contributed by atoms with Crippen LogP contribution in [0.2, 0.25) is 10.0 Å². The van der Waals surface area contributed by atoms with Crippen molar-refractivity contribution in [2.24, 2.45) is 0 Å². The smallest absolute Gasteiger partial charge is 0.275 e. The first kappa shape index (κ1) is 16.5. The normalized spacial score (nSPS) is 11.4. The van der Waals surface area contributed by atoms with E-state index in [1.807, 2.05) is 0 Å². The van der Waals surface area contributed by atoms with Gasteiger partial charge in [0.25, 0.3) is 15.0 Å². The van der Waals surface area contributed by atoms with Crippen molar-refractivity contribution in [2.45, 2.75) is 11.8 Å². The number of halogens is 3. The van der Waals surface area contributed by atoms with Crippen LogP contribution in [0.5, 0.6) is 0 Å². The molecule has 0 spiro atoms. The second-order valence-corrected chi connectivity index (χ2v) is 8.35. The van der Waals surface area contributed by atoms with Gasteiger partial charge in [0.15, 0.2) is 0 Å². The Hall–Kier alpha value is -0.860. The molecule has 2 aromatic rings. The highest BCUT2D eigenvalue weighted by atomic mass is 35.7. The van der Waals surface area contributed by atoms with E-state index in [4.69, 9.17) is 33.9 Å². The largest absolute Gasteiger partial charge is 0.318 e. The van der Waals surface area contributed by atoms with E-state index in [1.54, 1.807) is 12.3 Å². The van der Waals surface area contributed by atoms with Crippen molar-refractivity contribution >= 4 is 65.9 Å². The van der Waals surface area contributed by atoms with Crippen molar-refractivity contribution in [1.82, 2.24) is 4.98 Å². The highest BCUT2D eigenvalue weighted by Crippen LogP contribution is 2.34. The topological polar surface area (TPSA) is 76.1 Å². The number of carbonyl (C=O) groups is 1. The predicted octanol–water partition coefficient (Wildman–Crippen LogP) is 3.94. The fourth-order valence-corrected chi connectivity index (χ4v) is 3.54. The quantitative estimate of drug-likeness (QED) is 0.812. The third-order valence-corrected chi connectivity index (χ3v) is 5.09. The van der Waals surface area contributed by atoms with Gasteiger partial charge in [-0.25, -0.2) is 13.4 Å². The highest BCUT2D eigenvalue weighted by molar-refractivity contribution is 8.13. The number of anilines is 1. The van der Waals surface area contributed by atoms with E-state index in [-0.39, 0.29) is 26.3 Å². The van der Waals surface area contributed by atoms with Crippen LogP contribution in [0.25, 0.3) is 0 Å². The third-order valence-electron chi connectivity index (χ3n) is 2.39. The van der Waals surface area contributed by atoms with Crippen molar-refractivity contribution in [3.8, 4) is 0 Å². The first-order chi connectivity index (χ1) is 9.68. The van der Waals surface area contributed by atoms with Gasteiger partial charge in [-0.1, -0.05) is 23.2 Å². The van der Waals surface area contributed by atoms with Crippen LogP contribution >= 0.6 is 45.2 Å². The summed E-state index contributed by atoms with van der Waals surface area (Å²) in [5, 5.41) is 4.73. The highest BCUT2D eigenvalue weighted by Gasteiger charge is 2.18. The van der Waals surface area contributed by atoms with E-state index in [1.165, 1.54) is 11.3 Å². The Kier molecular flexibility index (Phi) is 4.79. The van der Waals surface area contributed by atoms with Crippen molar-refractivity contribution in [2.75, 3.05) is 5.32 Å². The number of amides is 1. The molecule has 112 valence electrons. The number of aryl methyl sites for hydroxylation is 1. The number of benzene rings is 1. The molecule has 0 radical (unpaired) electrons. The average molecular weight is 386 g/mol. The molecule has 0 aliphatic carbocycles. The van der Waals surface area contributed by atoms with Crippen LogP contribution in [0.3, 0.4) is 0 Å². The number of hydrogen-bond donors (Lipinski definition) is 1. The fourth-order valence-electron chi connectivity index (χ4n) is 1.46. The third kappa shape index (κ3) is 3.87. The summed E-state index contributed by atoms with van der Waals surface area (Å²) in [7, 11) is 1.26. The molecule has 1 aromatic heterocycles. The monoisotopic (exact) mass is 384 g/mol. The van der Waals surface area contributed by atoms with Crippen molar-refractivity contribution in [3.05, 3.63) is 38.3 Å². The number of nitrogens with zero attached hydrogens (tertiary/aromatic N) is 1. The molecule has 5 nitrogen and oxygen atoms in total. The van der Waals surface area contributed by atoms with E-state index in [2.05, 4.69) is 10.3 Å². The molecule has 0 saturated heterocycles. The molecule has 0 unspecified atom stereocenters. The summed E-state index contributed by atoms with van der Waals surface area (Å²) in [5.74, 6) is -0.496. The Balaban J connectivity index is 2.35. The van der Waals surface area contributed by atoms with E-state index in [0.29, 0.717) is 0 Å². The first-order valence-corrected chi connectivity index (χ1v) is 9.30. The van der Waals surface area contributed by atoms with Gasteiger partial charge in [0.05, 0.1) is 25.6 Å². The zero-order chi connectivity index (χ0) is 15.8. The van der Waals surface area contributed by atoms with Gasteiger partial charge < -0.3 is 5.32 Å². The SMILES string of the molecule is Cc1nc(C(=O)Nc2c(Cl)cc(S(=O)(=O)Cl)cc2Cl)cs1. The molecular weight excluding hydrogens is 379 g/mol. The van der Waals surface area contributed by atoms with Crippen LogP contribution in [0, 0.1) is 6.92 Å². The van der Waals surface area contributed by atoms with Crippen LogP contribution in [-0.4, -0.2) is 19.3 Å². The minimum atomic E-state index is -3.96. The van der Waals surface area contributed by atoms with Crippen LogP contribution in [0.1, 0.15) is 15.5 Å². The maximum absolute atomic E-state index is 12.0. The van der Waals surface area contributed by atoms with Crippen LogP contribution < -0.4 is 5.32 Å². The van der Waals surface area contributed by atoms with Crippen molar-refractivity contribution < 1.29 is 13.2 Å². The molecule has 1 amide bonds. The Labute approximate surface area is 139 Å². The van der Waals surface area contributed by atoms with Gasteiger partial charge in [0.1, 0.15) is 5.69 Å². The van der Waals surface area contributed by atoms with E-state index in [0.717, 1.165) is 17.1 Å². The van der Waals surface area contributed by atoms with E-state index in [9.17, 15) is 13.2 Å². The molecule has 1 heterocycles. The van der Waals surface area contributed by atoms with Crippen molar-refractivity contribution in [3.63, 3.8) is 0 Å². The molecule has 2 rings (SSSR count). The standard InChI is InChI=1S/C11H7Cl3N2O3S2/c1-5-15-9(4-20-5)11(17)16-10-7(12)2-6(3-8(10)13)21(14,18)19/h2-4H,1H3,(H,16,17). The second-order valence-electron chi connectivity index (χ2n) is 3.91. The second kappa shape index (κ2) is 6.10. The maximum Gasteiger partial charge on any atom is 0.275 e. The molecule has 0 aliphatic heterocycles. The zero-order valence-electron chi connectivity index (χ0n) is 10.4. The number of nitrogens with one attached hydrogen (secondary N) is 1. The zero-order valence-corrected chi connectivity index (χ0v) is 14.3. The Morgan fingerprint density at radius 3 is 2.29 bits per heavy atom. The lowest BCUT2D eigenvalue weighted by molar-refractivity contribution is 0.102. The van der Waals surface area contributed by atoms with Gasteiger partial charge >= 0.3 is 0 Å². The van der Waals surface area contributed by atoms with Gasteiger partial charge in [-0.2, -0.15) is 0 Å². The Bertz CT molecular complexity index is 795. The van der Waals surface area contributed by atoms with Gasteiger partial charge in [0.2, 0.25) is 0 Å². The summed E-state index contributed by atoms with van der Waals surface area (Å²) in [6.07, 6.45) is 0. The lowest BCUT2D eigenvalue weighted by Gasteiger charge is -2.09. The predicted molar refractivity (Wildman–Crippen MR) is 84.3 cm³/mol. The first-order valence-electron chi connectivity index (χ1n) is 5.35. The molecule has 1 N–H and O–H groups in total. The molecule has 0 aliphatic rings. The van der Waals surface area contributed by atoms with Crippen LogP contribution in [0.4, 0.5) is 5.69 Å². The molecule has 10 heteroatoms. The summed E-state index contributed by atoms with van der Waals surface area (Å²) in [6, 6.07) is 2.22. The number of hydrogen-bond acceptors (Lipinski definition) is 5. The molecule has 0 bridgehead atoms. The summed E-state index contributed by atoms with van der Waals surface area (Å²) in [6.45, 7) is 1.77. The van der Waals surface area contributed by atoms with Gasteiger partial charge in [-0.05, 0) is 19.1 Å². The number of aromatic nitrogens is 1. The molecule has 0 atom stereocenters. The summed E-state index contributed by atoms with van der Waals surface area (Å²) < 4.78 is 22.5. The molecule has 0 fully saturated rings. The minimum Gasteiger partial charge on any atom is -0.318 e. The Morgan fingerprint density at radius 2 is 1.86 bits per heavy atom.